The zero-order valence-corrected chi connectivity index (χ0v) is 12.4. The second-order valence-electron chi connectivity index (χ2n) is 5.83. The van der Waals surface area contributed by atoms with Crippen LogP contribution in [0.2, 0.25) is 0 Å². The summed E-state index contributed by atoms with van der Waals surface area (Å²) >= 11 is 0. The number of piperidine rings is 1. The van der Waals surface area contributed by atoms with Crippen LogP contribution in [0.15, 0.2) is 6.07 Å². The van der Waals surface area contributed by atoms with Crippen molar-refractivity contribution in [2.45, 2.75) is 32.9 Å². The molecule has 0 saturated carbocycles. The summed E-state index contributed by atoms with van der Waals surface area (Å²) in [5.41, 5.74) is 3.17. The normalized spacial score (nSPS) is 24.4. The maximum atomic E-state index is 9.05. The zero-order chi connectivity index (χ0) is 14.0. The first-order chi connectivity index (χ1) is 9.02. The third-order valence-corrected chi connectivity index (χ3v) is 4.42. The molecule has 2 atom stereocenters. The van der Waals surface area contributed by atoms with E-state index in [4.69, 9.17) is 5.26 Å². The van der Waals surface area contributed by atoms with Crippen LogP contribution in [0.25, 0.3) is 0 Å². The van der Waals surface area contributed by atoms with Gasteiger partial charge in [-0.1, -0.05) is 6.92 Å². The minimum atomic E-state index is 0.585. The van der Waals surface area contributed by atoms with E-state index >= 15 is 0 Å². The average molecular weight is 260 g/mol. The van der Waals surface area contributed by atoms with E-state index in [0.717, 1.165) is 18.8 Å². The number of nitrogens with zero attached hydrogens (tertiary/aromatic N) is 3. The van der Waals surface area contributed by atoms with Crippen molar-refractivity contribution in [3.8, 4) is 6.07 Å². The van der Waals surface area contributed by atoms with Gasteiger partial charge in [-0.25, -0.2) is 0 Å². The van der Waals surface area contributed by atoms with Gasteiger partial charge >= 0.3 is 0 Å². The Morgan fingerprint density at radius 2 is 2.21 bits per heavy atom. The number of nitrogens with one attached hydrogen (secondary N) is 1. The summed E-state index contributed by atoms with van der Waals surface area (Å²) in [6.07, 6.45) is 1.20. The number of likely N-dealkylation sites (tertiary alicyclic amines) is 1. The van der Waals surface area contributed by atoms with Crippen LogP contribution in [0.3, 0.4) is 0 Å². The largest absolute Gasteiger partial charge is 0.340 e. The monoisotopic (exact) mass is 260 g/mol. The highest BCUT2D eigenvalue weighted by Gasteiger charge is 2.23. The molecule has 19 heavy (non-hydrogen) atoms. The van der Waals surface area contributed by atoms with Crippen LogP contribution in [0.1, 0.15) is 30.3 Å². The van der Waals surface area contributed by atoms with Gasteiger partial charge in [0.1, 0.15) is 11.8 Å². The van der Waals surface area contributed by atoms with Crippen LogP contribution in [-0.4, -0.2) is 35.6 Å². The third-order valence-electron chi connectivity index (χ3n) is 4.42. The standard InChI is InChI=1S/C15H24N4/c1-11-10-18(3)6-5-15(11)17-9-13-7-14(8-16)19(4)12(13)2/h7,11,15,17H,5-6,9-10H2,1-4H3. The Kier molecular flexibility index (Phi) is 4.28. The molecule has 1 aliphatic rings. The first kappa shape index (κ1) is 14.1. The summed E-state index contributed by atoms with van der Waals surface area (Å²) in [7, 11) is 4.14. The second kappa shape index (κ2) is 5.77. The topological polar surface area (TPSA) is 44.0 Å². The SMILES string of the molecule is Cc1c(CNC2CCN(C)CC2C)cc(C#N)n1C. The molecule has 1 fully saturated rings. The summed E-state index contributed by atoms with van der Waals surface area (Å²) < 4.78 is 1.97. The fourth-order valence-electron chi connectivity index (χ4n) is 2.95. The first-order valence-electron chi connectivity index (χ1n) is 7.00. The van der Waals surface area contributed by atoms with Crippen LogP contribution >= 0.6 is 0 Å². The number of hydrogen-bond acceptors (Lipinski definition) is 3. The summed E-state index contributed by atoms with van der Waals surface area (Å²) in [6.45, 7) is 7.58. The predicted molar refractivity (Wildman–Crippen MR) is 76.8 cm³/mol. The number of aromatic nitrogens is 1. The summed E-state index contributed by atoms with van der Waals surface area (Å²) in [5.74, 6) is 0.679. The Morgan fingerprint density at radius 3 is 2.79 bits per heavy atom. The maximum Gasteiger partial charge on any atom is 0.120 e. The van der Waals surface area contributed by atoms with E-state index in [-0.39, 0.29) is 0 Å². The lowest BCUT2D eigenvalue weighted by Gasteiger charge is -2.35. The van der Waals surface area contributed by atoms with E-state index in [1.807, 2.05) is 17.7 Å². The molecule has 1 saturated heterocycles. The van der Waals surface area contributed by atoms with Crippen molar-refractivity contribution in [1.29, 1.82) is 5.26 Å². The molecule has 0 aliphatic carbocycles. The molecule has 1 N–H and O–H groups in total. The summed E-state index contributed by atoms with van der Waals surface area (Å²) in [5, 5.41) is 12.7. The van der Waals surface area contributed by atoms with Crippen molar-refractivity contribution in [2.24, 2.45) is 13.0 Å². The summed E-state index contributed by atoms with van der Waals surface area (Å²) in [6, 6.07) is 4.82. The van der Waals surface area contributed by atoms with Gasteiger partial charge in [0.25, 0.3) is 0 Å². The molecule has 2 rings (SSSR count). The molecule has 0 spiro atoms. The van der Waals surface area contributed by atoms with Gasteiger partial charge in [-0.2, -0.15) is 5.26 Å². The van der Waals surface area contributed by atoms with Crippen molar-refractivity contribution in [3.05, 3.63) is 23.0 Å². The zero-order valence-electron chi connectivity index (χ0n) is 12.4. The lowest BCUT2D eigenvalue weighted by Crippen LogP contribution is -2.46. The average Bonchev–Trinajstić information content (AvgIpc) is 2.65. The highest BCUT2D eigenvalue weighted by molar-refractivity contribution is 5.34. The van der Waals surface area contributed by atoms with Gasteiger partial charge in [-0.3, -0.25) is 0 Å². The maximum absolute atomic E-state index is 9.05. The number of nitriles is 1. The van der Waals surface area contributed by atoms with E-state index in [0.29, 0.717) is 12.0 Å². The van der Waals surface area contributed by atoms with Crippen LogP contribution < -0.4 is 5.32 Å². The van der Waals surface area contributed by atoms with Crippen LogP contribution in [0.5, 0.6) is 0 Å². The number of hydrogen-bond donors (Lipinski definition) is 1. The van der Waals surface area contributed by atoms with E-state index in [9.17, 15) is 0 Å². The minimum Gasteiger partial charge on any atom is -0.340 e. The predicted octanol–water partition coefficient (Wildman–Crippen LogP) is 1.64. The molecule has 4 heteroatoms. The molecular formula is C15H24N4. The Morgan fingerprint density at radius 1 is 1.47 bits per heavy atom. The molecule has 1 aromatic rings. The van der Waals surface area contributed by atoms with E-state index in [2.05, 4.69) is 37.2 Å². The molecule has 0 radical (unpaired) electrons. The minimum absolute atomic E-state index is 0.585. The Bertz CT molecular complexity index is 483. The van der Waals surface area contributed by atoms with Gasteiger partial charge in [-0.05, 0) is 44.5 Å². The second-order valence-corrected chi connectivity index (χ2v) is 5.83. The lowest BCUT2D eigenvalue weighted by molar-refractivity contribution is 0.174. The molecule has 1 aromatic heterocycles. The van der Waals surface area contributed by atoms with Gasteiger partial charge in [0, 0.05) is 31.9 Å². The van der Waals surface area contributed by atoms with Crippen molar-refractivity contribution in [3.63, 3.8) is 0 Å². The molecular weight excluding hydrogens is 236 g/mol. The van der Waals surface area contributed by atoms with Gasteiger partial charge in [0.05, 0.1) is 0 Å². The van der Waals surface area contributed by atoms with Crippen molar-refractivity contribution < 1.29 is 0 Å². The fourth-order valence-corrected chi connectivity index (χ4v) is 2.95. The van der Waals surface area contributed by atoms with E-state index in [1.165, 1.54) is 24.2 Å². The molecule has 0 bridgehead atoms. The van der Waals surface area contributed by atoms with Crippen LogP contribution in [0.4, 0.5) is 0 Å². The third kappa shape index (κ3) is 2.99. The first-order valence-corrected chi connectivity index (χ1v) is 7.00. The fraction of sp³-hybridized carbons (Fsp3) is 0.667. The Hall–Kier alpha value is -1.31. The van der Waals surface area contributed by atoms with Gasteiger partial charge in [-0.15, -0.1) is 0 Å². The number of rotatable bonds is 3. The van der Waals surface area contributed by atoms with Gasteiger partial charge < -0.3 is 14.8 Å². The molecule has 0 aromatic carbocycles. The summed E-state index contributed by atoms with van der Waals surface area (Å²) in [4.78, 5) is 2.39. The van der Waals surface area contributed by atoms with E-state index in [1.54, 1.807) is 0 Å². The molecule has 2 heterocycles. The molecule has 0 amide bonds. The smallest absolute Gasteiger partial charge is 0.120 e. The molecule has 1 aliphatic heterocycles. The Labute approximate surface area is 116 Å². The molecule has 104 valence electrons. The Balaban J connectivity index is 1.98. The highest BCUT2D eigenvalue weighted by Crippen LogP contribution is 2.18. The van der Waals surface area contributed by atoms with Crippen molar-refractivity contribution >= 4 is 0 Å². The van der Waals surface area contributed by atoms with Gasteiger partial charge in [0.2, 0.25) is 0 Å². The quantitative estimate of drug-likeness (QED) is 0.898. The molecule has 2 unspecified atom stereocenters. The molecule has 4 nitrogen and oxygen atoms in total. The van der Waals surface area contributed by atoms with Crippen LogP contribution in [0, 0.1) is 24.2 Å². The van der Waals surface area contributed by atoms with Crippen LogP contribution in [-0.2, 0) is 13.6 Å². The van der Waals surface area contributed by atoms with Gasteiger partial charge in [0.15, 0.2) is 0 Å². The van der Waals surface area contributed by atoms with Crippen molar-refractivity contribution in [1.82, 2.24) is 14.8 Å². The lowest BCUT2D eigenvalue weighted by atomic mass is 9.94. The van der Waals surface area contributed by atoms with E-state index < -0.39 is 0 Å². The highest BCUT2D eigenvalue weighted by atomic mass is 15.1. The van der Waals surface area contributed by atoms with Crippen molar-refractivity contribution in [2.75, 3.05) is 20.1 Å².